The summed E-state index contributed by atoms with van der Waals surface area (Å²) in [6.07, 6.45) is 8.10. The third-order valence-electron chi connectivity index (χ3n) is 6.49. The van der Waals surface area contributed by atoms with Gasteiger partial charge in [0.2, 0.25) is 11.8 Å². The van der Waals surface area contributed by atoms with E-state index in [9.17, 15) is 9.59 Å². The van der Waals surface area contributed by atoms with E-state index in [4.69, 9.17) is 11.6 Å². The Bertz CT molecular complexity index is 995. The van der Waals surface area contributed by atoms with E-state index in [2.05, 4.69) is 24.3 Å². The first-order chi connectivity index (χ1) is 13.5. The maximum absolute atomic E-state index is 13.6. The summed E-state index contributed by atoms with van der Waals surface area (Å²) in [5, 5.41) is 0.635. The van der Waals surface area contributed by atoms with Crippen LogP contribution in [0.2, 0.25) is 5.02 Å². The Morgan fingerprint density at radius 1 is 0.964 bits per heavy atom. The molecular formula is C24H20ClNO2. The lowest BCUT2D eigenvalue weighted by Crippen LogP contribution is -2.42. The van der Waals surface area contributed by atoms with E-state index in [1.54, 1.807) is 12.1 Å². The van der Waals surface area contributed by atoms with Crippen molar-refractivity contribution in [3.05, 3.63) is 95.1 Å². The summed E-state index contributed by atoms with van der Waals surface area (Å²) >= 11 is 6.00. The number of halogens is 1. The Kier molecular flexibility index (Phi) is 3.85. The number of hydrogen-bond acceptors (Lipinski definition) is 2. The average Bonchev–Trinajstić information content (AvgIpc) is 2.96. The van der Waals surface area contributed by atoms with Crippen molar-refractivity contribution in [1.82, 2.24) is 4.90 Å². The van der Waals surface area contributed by atoms with Gasteiger partial charge in [-0.25, -0.2) is 0 Å². The highest BCUT2D eigenvalue weighted by Crippen LogP contribution is 2.58. The van der Waals surface area contributed by atoms with Crippen LogP contribution in [0.25, 0.3) is 0 Å². The molecule has 0 aromatic heterocycles. The van der Waals surface area contributed by atoms with Crippen molar-refractivity contribution < 1.29 is 9.59 Å². The molecule has 2 amide bonds. The molecule has 3 aliphatic carbocycles. The van der Waals surface area contributed by atoms with Crippen LogP contribution in [0.3, 0.4) is 0 Å². The lowest BCUT2D eigenvalue weighted by molar-refractivity contribution is -0.142. The molecule has 0 saturated carbocycles. The molecule has 1 heterocycles. The summed E-state index contributed by atoms with van der Waals surface area (Å²) in [5.41, 5.74) is 1.14. The fourth-order valence-electron chi connectivity index (χ4n) is 5.07. The third-order valence-corrected chi connectivity index (χ3v) is 6.75. The maximum atomic E-state index is 13.6. The Hall–Kier alpha value is -2.65. The minimum atomic E-state index is -0.868. The number of amides is 2. The van der Waals surface area contributed by atoms with Crippen molar-refractivity contribution in [1.29, 1.82) is 0 Å². The smallest absolute Gasteiger partial charge is 0.244 e. The Labute approximate surface area is 169 Å². The fraction of sp³-hybridized carbons (Fsp3) is 0.250. The van der Waals surface area contributed by atoms with Crippen molar-refractivity contribution in [2.45, 2.75) is 18.9 Å². The second-order valence-electron chi connectivity index (χ2n) is 7.88. The van der Waals surface area contributed by atoms with Crippen molar-refractivity contribution in [2.24, 2.45) is 17.3 Å². The van der Waals surface area contributed by atoms with Gasteiger partial charge >= 0.3 is 0 Å². The Balaban J connectivity index is 1.59. The predicted molar refractivity (Wildman–Crippen MR) is 109 cm³/mol. The molecule has 140 valence electrons. The van der Waals surface area contributed by atoms with Crippen LogP contribution in [0.15, 0.2) is 78.9 Å². The molecule has 4 aliphatic rings. The standard InChI is InChI=1S/C24H20ClNO2/c1-15(16-7-9-19(25)10-8-16)26-22(27)21-20(17-5-3-2-4-6-17)18-11-13-24(21,14-12-18)23(26)28/h2-15,18,20-21H,1H3/t15?,18?,20-,21-,24?/m1/s1. The van der Waals surface area contributed by atoms with Crippen LogP contribution in [-0.2, 0) is 9.59 Å². The third kappa shape index (κ3) is 2.29. The first-order valence-corrected chi connectivity index (χ1v) is 9.97. The number of hydrogen-bond donors (Lipinski definition) is 0. The van der Waals surface area contributed by atoms with Gasteiger partial charge in [0.15, 0.2) is 0 Å². The van der Waals surface area contributed by atoms with Crippen LogP contribution >= 0.6 is 11.6 Å². The van der Waals surface area contributed by atoms with Gasteiger partial charge in [-0.2, -0.15) is 0 Å². The molecular weight excluding hydrogens is 370 g/mol. The topological polar surface area (TPSA) is 37.4 Å². The summed E-state index contributed by atoms with van der Waals surface area (Å²) < 4.78 is 0. The first kappa shape index (κ1) is 17.4. The molecule has 2 aromatic carbocycles. The van der Waals surface area contributed by atoms with Crippen molar-refractivity contribution in [3.63, 3.8) is 0 Å². The number of benzene rings is 2. The monoisotopic (exact) mass is 389 g/mol. The molecule has 6 rings (SSSR count). The van der Waals surface area contributed by atoms with Gasteiger partial charge in [-0.05, 0) is 30.2 Å². The van der Waals surface area contributed by atoms with Crippen molar-refractivity contribution in [3.8, 4) is 0 Å². The molecule has 4 heteroatoms. The summed E-state index contributed by atoms with van der Waals surface area (Å²) in [7, 11) is 0. The van der Waals surface area contributed by atoms with Crippen LogP contribution in [0.5, 0.6) is 0 Å². The van der Waals surface area contributed by atoms with E-state index in [0.29, 0.717) is 5.02 Å². The minimum absolute atomic E-state index is 0.0185. The number of carbonyl (C=O) groups excluding carboxylic acids is 2. The van der Waals surface area contributed by atoms with E-state index in [-0.39, 0.29) is 29.7 Å². The average molecular weight is 390 g/mol. The van der Waals surface area contributed by atoms with E-state index >= 15 is 0 Å². The number of nitrogens with zero attached hydrogens (tertiary/aromatic N) is 1. The molecule has 0 radical (unpaired) electrons. The molecule has 1 saturated heterocycles. The van der Waals surface area contributed by atoms with Crippen LogP contribution < -0.4 is 0 Å². The van der Waals surface area contributed by atoms with E-state index < -0.39 is 11.3 Å². The van der Waals surface area contributed by atoms with E-state index in [1.807, 2.05) is 49.4 Å². The van der Waals surface area contributed by atoms with Crippen LogP contribution in [0, 0.1) is 17.3 Å². The normalized spacial score (nSPS) is 31.4. The predicted octanol–water partition coefficient (Wildman–Crippen LogP) is 4.91. The van der Waals surface area contributed by atoms with Gasteiger partial charge in [-0.3, -0.25) is 14.5 Å². The molecule has 2 bridgehead atoms. The van der Waals surface area contributed by atoms with Gasteiger partial charge in [0.25, 0.3) is 0 Å². The second kappa shape index (κ2) is 6.18. The van der Waals surface area contributed by atoms with Gasteiger partial charge in [-0.15, -0.1) is 0 Å². The number of likely N-dealkylation sites (tertiary alicyclic amines) is 1. The molecule has 0 N–H and O–H groups in total. The fourth-order valence-corrected chi connectivity index (χ4v) is 5.19. The number of allylic oxidation sites excluding steroid dienone is 2. The first-order valence-electron chi connectivity index (χ1n) is 9.59. The zero-order valence-electron chi connectivity index (χ0n) is 15.5. The highest BCUT2D eigenvalue weighted by molar-refractivity contribution is 6.30. The highest BCUT2D eigenvalue weighted by atomic mass is 35.5. The number of imide groups is 1. The number of carbonyl (C=O) groups is 2. The summed E-state index contributed by atoms with van der Waals surface area (Å²) in [6.45, 7) is 1.91. The highest BCUT2D eigenvalue weighted by Gasteiger charge is 2.64. The van der Waals surface area contributed by atoms with Crippen molar-refractivity contribution in [2.75, 3.05) is 0 Å². The lowest BCUT2D eigenvalue weighted by Gasteiger charge is -2.42. The van der Waals surface area contributed by atoms with Gasteiger partial charge in [0.05, 0.1) is 17.4 Å². The van der Waals surface area contributed by atoms with E-state index in [1.165, 1.54) is 4.90 Å². The minimum Gasteiger partial charge on any atom is -0.274 e. The van der Waals surface area contributed by atoms with Crippen molar-refractivity contribution >= 4 is 23.4 Å². The van der Waals surface area contributed by atoms with Crippen LogP contribution in [0.4, 0.5) is 0 Å². The zero-order chi connectivity index (χ0) is 19.5. The Morgan fingerprint density at radius 3 is 2.25 bits per heavy atom. The van der Waals surface area contributed by atoms with Gasteiger partial charge in [0.1, 0.15) is 0 Å². The van der Waals surface area contributed by atoms with Gasteiger partial charge < -0.3 is 0 Å². The van der Waals surface area contributed by atoms with Gasteiger partial charge in [-0.1, -0.05) is 78.4 Å². The lowest BCUT2D eigenvalue weighted by atomic mass is 9.57. The summed E-state index contributed by atoms with van der Waals surface area (Å²) in [6, 6.07) is 17.1. The molecule has 2 aromatic rings. The maximum Gasteiger partial charge on any atom is 0.244 e. The molecule has 3 nitrogen and oxygen atoms in total. The molecule has 1 unspecified atom stereocenters. The van der Waals surface area contributed by atoms with Gasteiger partial charge in [0, 0.05) is 16.9 Å². The zero-order valence-corrected chi connectivity index (χ0v) is 16.2. The second-order valence-corrected chi connectivity index (χ2v) is 8.32. The quantitative estimate of drug-likeness (QED) is 0.552. The molecule has 28 heavy (non-hydrogen) atoms. The van der Waals surface area contributed by atoms with E-state index in [0.717, 1.165) is 11.1 Å². The molecule has 1 aliphatic heterocycles. The van der Waals surface area contributed by atoms with Crippen LogP contribution in [0.1, 0.15) is 30.0 Å². The molecule has 1 fully saturated rings. The summed E-state index contributed by atoms with van der Waals surface area (Å²) in [5.74, 6) is -0.486. The summed E-state index contributed by atoms with van der Waals surface area (Å²) in [4.78, 5) is 28.6. The SMILES string of the molecule is CC(c1ccc(Cl)cc1)N1C(=O)[C@H]2[C@H](c3ccccc3)C3C=CC2(C=C3)C1=O. The van der Waals surface area contributed by atoms with Crippen LogP contribution in [-0.4, -0.2) is 16.7 Å². The Morgan fingerprint density at radius 2 is 1.61 bits per heavy atom. The largest absolute Gasteiger partial charge is 0.274 e. The molecule has 1 spiro atoms. The number of rotatable bonds is 3. The molecule has 3 atom stereocenters.